The topological polar surface area (TPSA) is 15.3 Å². The molecular weight excluding hydrogens is 308 g/mol. The van der Waals surface area contributed by atoms with Gasteiger partial charge in [0, 0.05) is 17.1 Å². The van der Waals surface area contributed by atoms with Crippen molar-refractivity contribution >= 4 is 46.0 Å². The number of hydrogen-bond donors (Lipinski definition) is 1. The number of para-hydroxylation sites is 1. The third-order valence-electron chi connectivity index (χ3n) is 3.03. The van der Waals surface area contributed by atoms with Crippen LogP contribution in [0.25, 0.3) is 0 Å². The molecule has 2 rings (SSSR count). The number of benzene rings is 1. The zero-order chi connectivity index (χ0) is 14.5. The molecule has 0 aliphatic rings. The van der Waals surface area contributed by atoms with E-state index in [1.807, 2.05) is 30.3 Å². The molecule has 1 N–H and O–H groups in total. The highest BCUT2D eigenvalue weighted by atomic mass is 35.5. The highest BCUT2D eigenvalue weighted by molar-refractivity contribution is 7.80. The van der Waals surface area contributed by atoms with E-state index >= 15 is 0 Å². The summed E-state index contributed by atoms with van der Waals surface area (Å²) < 4.78 is 0.814. The highest BCUT2D eigenvalue weighted by Gasteiger charge is 2.10. The smallest absolute Gasteiger partial charge is 0.173 e. The molecule has 1 aromatic heterocycles. The van der Waals surface area contributed by atoms with Crippen LogP contribution in [0.1, 0.15) is 17.4 Å². The second-order valence-electron chi connectivity index (χ2n) is 4.47. The number of anilines is 1. The van der Waals surface area contributed by atoms with Crippen molar-refractivity contribution in [2.45, 2.75) is 20.4 Å². The molecule has 0 atom stereocenters. The third-order valence-corrected chi connectivity index (χ3v) is 4.61. The van der Waals surface area contributed by atoms with Crippen LogP contribution in [0.2, 0.25) is 4.34 Å². The lowest BCUT2D eigenvalue weighted by molar-refractivity contribution is 0.446. The highest BCUT2D eigenvalue weighted by Crippen LogP contribution is 2.23. The number of nitrogens with one attached hydrogen (secondary N) is 1. The van der Waals surface area contributed by atoms with Gasteiger partial charge in [-0.2, -0.15) is 0 Å². The monoisotopic (exact) mass is 324 g/mol. The summed E-state index contributed by atoms with van der Waals surface area (Å²) in [5.41, 5.74) is 2.24. The molecule has 0 bridgehead atoms. The van der Waals surface area contributed by atoms with Gasteiger partial charge in [0.15, 0.2) is 5.11 Å². The summed E-state index contributed by atoms with van der Waals surface area (Å²) in [6.07, 6.45) is 0. The Labute approximate surface area is 134 Å². The fourth-order valence-corrected chi connectivity index (χ4v) is 3.27. The maximum atomic E-state index is 5.97. The molecule has 0 amide bonds. The first kappa shape index (κ1) is 15.3. The van der Waals surface area contributed by atoms with E-state index in [-0.39, 0.29) is 0 Å². The van der Waals surface area contributed by atoms with E-state index in [9.17, 15) is 0 Å². The lowest BCUT2D eigenvalue weighted by Gasteiger charge is -2.24. The molecule has 0 unspecified atom stereocenters. The van der Waals surface area contributed by atoms with Gasteiger partial charge in [-0.3, -0.25) is 0 Å². The fourth-order valence-electron chi connectivity index (χ4n) is 1.86. The van der Waals surface area contributed by atoms with Crippen LogP contribution in [-0.2, 0) is 6.54 Å². The number of nitrogens with zero attached hydrogens (tertiary/aromatic N) is 1. The lowest BCUT2D eigenvalue weighted by atomic mass is 10.2. The normalized spacial score (nSPS) is 10.3. The molecular formula is C15H17ClN2S2. The summed E-state index contributed by atoms with van der Waals surface area (Å²) in [6, 6.07) is 12.1. The Bertz CT molecular complexity index is 595. The van der Waals surface area contributed by atoms with Crippen LogP contribution in [0.15, 0.2) is 36.4 Å². The van der Waals surface area contributed by atoms with Crippen molar-refractivity contribution in [2.75, 3.05) is 11.9 Å². The molecule has 0 fully saturated rings. The first-order chi connectivity index (χ1) is 9.60. The number of aryl methyl sites for hydroxylation is 1. The van der Waals surface area contributed by atoms with Crippen LogP contribution in [0.5, 0.6) is 0 Å². The number of thiocarbonyl (C=S) groups is 1. The van der Waals surface area contributed by atoms with E-state index in [1.165, 1.54) is 10.4 Å². The molecule has 1 heterocycles. The summed E-state index contributed by atoms with van der Waals surface area (Å²) in [5, 5.41) is 4.06. The van der Waals surface area contributed by atoms with E-state index in [1.54, 1.807) is 11.3 Å². The maximum Gasteiger partial charge on any atom is 0.173 e. The first-order valence-electron chi connectivity index (χ1n) is 6.46. The van der Waals surface area contributed by atoms with Crippen molar-refractivity contribution in [3.63, 3.8) is 0 Å². The molecule has 2 nitrogen and oxygen atoms in total. The Morgan fingerprint density at radius 3 is 2.65 bits per heavy atom. The number of rotatable bonds is 4. The van der Waals surface area contributed by atoms with E-state index in [0.29, 0.717) is 0 Å². The summed E-state index contributed by atoms with van der Waals surface area (Å²) in [4.78, 5) is 3.34. The van der Waals surface area contributed by atoms with Gasteiger partial charge < -0.3 is 10.2 Å². The van der Waals surface area contributed by atoms with E-state index < -0.39 is 0 Å². The minimum Gasteiger partial charge on any atom is -0.344 e. The Morgan fingerprint density at radius 1 is 1.30 bits per heavy atom. The number of thiophene rings is 1. The molecule has 20 heavy (non-hydrogen) atoms. The van der Waals surface area contributed by atoms with Crippen LogP contribution in [0.4, 0.5) is 5.69 Å². The van der Waals surface area contributed by atoms with Gasteiger partial charge in [0.2, 0.25) is 0 Å². The van der Waals surface area contributed by atoms with Gasteiger partial charge in [0.1, 0.15) is 0 Å². The van der Waals surface area contributed by atoms with E-state index in [2.05, 4.69) is 30.1 Å². The van der Waals surface area contributed by atoms with Gasteiger partial charge in [0.05, 0.1) is 10.9 Å². The van der Waals surface area contributed by atoms with Crippen molar-refractivity contribution in [2.24, 2.45) is 0 Å². The maximum absolute atomic E-state index is 5.97. The van der Waals surface area contributed by atoms with E-state index in [4.69, 9.17) is 23.8 Å². The van der Waals surface area contributed by atoms with Crippen LogP contribution in [-0.4, -0.2) is 16.6 Å². The SMILES string of the molecule is CCN(Cc1ccc(Cl)s1)C(=S)Nc1ccccc1C. The van der Waals surface area contributed by atoms with Crippen LogP contribution in [0.3, 0.4) is 0 Å². The number of halogens is 1. The quantitative estimate of drug-likeness (QED) is 0.803. The van der Waals surface area contributed by atoms with Gasteiger partial charge in [0.25, 0.3) is 0 Å². The zero-order valence-corrected chi connectivity index (χ0v) is 13.9. The summed E-state index contributed by atoms with van der Waals surface area (Å²) in [7, 11) is 0. The van der Waals surface area contributed by atoms with E-state index in [0.717, 1.165) is 28.2 Å². The zero-order valence-electron chi connectivity index (χ0n) is 11.5. The molecule has 0 aliphatic carbocycles. The lowest BCUT2D eigenvalue weighted by Crippen LogP contribution is -2.33. The first-order valence-corrected chi connectivity index (χ1v) is 8.06. The molecule has 0 aliphatic heterocycles. The average molecular weight is 325 g/mol. The molecule has 5 heteroatoms. The van der Waals surface area contributed by atoms with Crippen molar-refractivity contribution in [1.29, 1.82) is 0 Å². The summed E-state index contributed by atoms with van der Waals surface area (Å²) >= 11 is 13.1. The van der Waals surface area contributed by atoms with Crippen LogP contribution in [0, 0.1) is 6.92 Å². The van der Waals surface area contributed by atoms with Crippen molar-refractivity contribution < 1.29 is 0 Å². The second kappa shape index (κ2) is 7.07. The Morgan fingerprint density at radius 2 is 2.05 bits per heavy atom. The Hall–Kier alpha value is -1.10. The molecule has 0 radical (unpaired) electrons. The predicted octanol–water partition coefficient (Wildman–Crippen LogP) is 4.93. The van der Waals surface area contributed by atoms with Crippen LogP contribution >= 0.6 is 35.2 Å². The largest absolute Gasteiger partial charge is 0.344 e. The Kier molecular flexibility index (Phi) is 5.40. The summed E-state index contributed by atoms with van der Waals surface area (Å²) in [5.74, 6) is 0. The molecule has 1 aromatic carbocycles. The fraction of sp³-hybridized carbons (Fsp3) is 0.267. The van der Waals surface area contributed by atoms with Gasteiger partial charge >= 0.3 is 0 Å². The predicted molar refractivity (Wildman–Crippen MR) is 92.8 cm³/mol. The standard InChI is InChI=1S/C15H17ClN2S2/c1-3-18(10-12-8-9-14(16)20-12)15(19)17-13-7-5-4-6-11(13)2/h4-9H,3,10H2,1-2H3,(H,17,19). The molecule has 0 spiro atoms. The van der Waals surface area contributed by atoms with Gasteiger partial charge in [-0.05, 0) is 49.8 Å². The average Bonchev–Trinajstić information content (AvgIpc) is 2.84. The van der Waals surface area contributed by atoms with Crippen LogP contribution < -0.4 is 5.32 Å². The van der Waals surface area contributed by atoms with Gasteiger partial charge in [-0.1, -0.05) is 29.8 Å². The minimum atomic E-state index is 0.742. The third kappa shape index (κ3) is 3.95. The molecule has 0 saturated heterocycles. The second-order valence-corrected chi connectivity index (χ2v) is 6.65. The van der Waals surface area contributed by atoms with Crippen molar-refractivity contribution in [3.05, 3.63) is 51.2 Å². The van der Waals surface area contributed by atoms with Crippen molar-refractivity contribution in [1.82, 2.24) is 4.90 Å². The van der Waals surface area contributed by atoms with Crippen molar-refractivity contribution in [3.8, 4) is 0 Å². The molecule has 0 saturated carbocycles. The molecule has 2 aromatic rings. The van der Waals surface area contributed by atoms with Gasteiger partial charge in [-0.25, -0.2) is 0 Å². The van der Waals surface area contributed by atoms with Gasteiger partial charge in [-0.15, -0.1) is 11.3 Å². The Balaban J connectivity index is 2.04. The summed E-state index contributed by atoms with van der Waals surface area (Å²) in [6.45, 7) is 5.81. The minimum absolute atomic E-state index is 0.742. The molecule has 106 valence electrons. The number of hydrogen-bond acceptors (Lipinski definition) is 2.